The maximum atomic E-state index is 12.3. The minimum atomic E-state index is -0.461. The molecule has 2 aromatic heterocycles. The number of halogens is 1. The molecule has 1 aromatic carbocycles. The van der Waals surface area contributed by atoms with Crippen LogP contribution >= 0.6 is 11.6 Å². The van der Waals surface area contributed by atoms with E-state index in [4.69, 9.17) is 20.9 Å². The van der Waals surface area contributed by atoms with Crippen LogP contribution in [0.5, 0.6) is 5.75 Å². The zero-order valence-electron chi connectivity index (χ0n) is 15.1. The number of carbonyl (C=O) groups is 1. The first-order valence-corrected chi connectivity index (χ1v) is 8.69. The molecule has 0 saturated carbocycles. The van der Waals surface area contributed by atoms with Gasteiger partial charge in [-0.3, -0.25) is 9.89 Å². The van der Waals surface area contributed by atoms with Crippen molar-refractivity contribution in [2.75, 3.05) is 6.61 Å². The number of aryl methyl sites for hydroxylation is 1. The molecule has 3 rings (SSSR count). The number of aromatic amines is 1. The zero-order valence-corrected chi connectivity index (χ0v) is 15.8. The number of nitrogens with zero attached hydrogens (tertiary/aromatic N) is 4. The highest BCUT2D eigenvalue weighted by Gasteiger charge is 2.25. The maximum Gasteiger partial charge on any atom is 0.258 e. The minimum absolute atomic E-state index is 0.0229. The highest BCUT2D eigenvalue weighted by molar-refractivity contribution is 6.31. The number of hydrogen-bond acceptors (Lipinski definition) is 7. The molecule has 2 heterocycles. The van der Waals surface area contributed by atoms with Gasteiger partial charge in [0.1, 0.15) is 18.1 Å². The average Bonchev–Trinajstić information content (AvgIpc) is 3.31. The molecule has 0 aliphatic rings. The number of hydrogen-bond donors (Lipinski definition) is 2. The molecular formula is C17H19ClN6O3. The molecule has 0 aliphatic heterocycles. The summed E-state index contributed by atoms with van der Waals surface area (Å²) in [5, 5.41) is 13.8. The summed E-state index contributed by atoms with van der Waals surface area (Å²) in [5.41, 5.74) is 0.875. The second-order valence-corrected chi connectivity index (χ2v) is 6.69. The monoisotopic (exact) mass is 390 g/mol. The first-order valence-electron chi connectivity index (χ1n) is 8.31. The molecule has 10 heteroatoms. The smallest absolute Gasteiger partial charge is 0.258 e. The molecule has 142 valence electrons. The number of aromatic nitrogens is 5. The van der Waals surface area contributed by atoms with Crippen molar-refractivity contribution in [1.29, 1.82) is 0 Å². The van der Waals surface area contributed by atoms with E-state index < -0.39 is 6.04 Å². The molecule has 0 radical (unpaired) electrons. The van der Waals surface area contributed by atoms with Crippen LogP contribution in [0, 0.1) is 12.8 Å². The molecule has 1 atom stereocenters. The lowest BCUT2D eigenvalue weighted by Crippen LogP contribution is -2.35. The summed E-state index contributed by atoms with van der Waals surface area (Å²) in [6.07, 6.45) is 1.35. The summed E-state index contributed by atoms with van der Waals surface area (Å²) < 4.78 is 10.8. The van der Waals surface area contributed by atoms with E-state index in [2.05, 4.69) is 30.6 Å². The number of carbonyl (C=O) groups excluding carboxylic acids is 1. The fraction of sp³-hybridized carbons (Fsp3) is 0.353. The average molecular weight is 391 g/mol. The third-order valence-electron chi connectivity index (χ3n) is 3.82. The van der Waals surface area contributed by atoms with Crippen LogP contribution in [0.2, 0.25) is 5.02 Å². The number of amides is 1. The third-order valence-corrected chi connectivity index (χ3v) is 4.24. The minimum Gasteiger partial charge on any atom is -0.484 e. The molecule has 0 fully saturated rings. The Morgan fingerprint density at radius 3 is 2.89 bits per heavy atom. The van der Waals surface area contributed by atoms with Crippen molar-refractivity contribution in [3.8, 4) is 17.4 Å². The van der Waals surface area contributed by atoms with E-state index in [1.807, 2.05) is 20.8 Å². The topological polar surface area (TPSA) is 119 Å². The van der Waals surface area contributed by atoms with Crippen molar-refractivity contribution in [3.05, 3.63) is 41.0 Å². The highest BCUT2D eigenvalue weighted by atomic mass is 35.5. The Kier molecular flexibility index (Phi) is 5.70. The third kappa shape index (κ3) is 4.62. The highest BCUT2D eigenvalue weighted by Crippen LogP contribution is 2.23. The zero-order chi connectivity index (χ0) is 19.4. The van der Waals surface area contributed by atoms with Gasteiger partial charge >= 0.3 is 0 Å². The van der Waals surface area contributed by atoms with Gasteiger partial charge in [0.2, 0.25) is 11.7 Å². The van der Waals surface area contributed by atoms with Gasteiger partial charge in [-0.25, -0.2) is 4.98 Å². The van der Waals surface area contributed by atoms with Gasteiger partial charge in [0.25, 0.3) is 5.91 Å². The van der Waals surface area contributed by atoms with Crippen molar-refractivity contribution >= 4 is 17.5 Å². The summed E-state index contributed by atoms with van der Waals surface area (Å²) >= 11 is 5.99. The lowest BCUT2D eigenvalue weighted by atomic mass is 10.0. The maximum absolute atomic E-state index is 12.3. The predicted molar refractivity (Wildman–Crippen MR) is 97.1 cm³/mol. The first kappa shape index (κ1) is 18.8. The Balaban J connectivity index is 1.63. The SMILES string of the molecule is Cc1cc(OCC(=O)N[C@@H](c2nc(-c3ncn[nH]3)no2)C(C)C)ccc1Cl. The van der Waals surface area contributed by atoms with Gasteiger partial charge in [-0.05, 0) is 36.6 Å². The molecule has 0 saturated heterocycles. The quantitative estimate of drug-likeness (QED) is 0.636. The van der Waals surface area contributed by atoms with Crippen molar-refractivity contribution < 1.29 is 14.1 Å². The molecule has 27 heavy (non-hydrogen) atoms. The summed E-state index contributed by atoms with van der Waals surface area (Å²) in [6, 6.07) is 4.75. The van der Waals surface area contributed by atoms with Crippen LogP contribution in [-0.2, 0) is 4.79 Å². The molecule has 0 aliphatic carbocycles. The Morgan fingerprint density at radius 2 is 2.22 bits per heavy atom. The van der Waals surface area contributed by atoms with E-state index in [1.54, 1.807) is 18.2 Å². The van der Waals surface area contributed by atoms with Gasteiger partial charge in [-0.15, -0.1) is 0 Å². The fourth-order valence-electron chi connectivity index (χ4n) is 2.36. The first-order chi connectivity index (χ1) is 12.9. The van der Waals surface area contributed by atoms with E-state index in [0.717, 1.165) is 5.56 Å². The fourth-order valence-corrected chi connectivity index (χ4v) is 2.47. The van der Waals surface area contributed by atoms with Gasteiger partial charge in [0, 0.05) is 5.02 Å². The van der Waals surface area contributed by atoms with Crippen LogP contribution in [0.15, 0.2) is 29.0 Å². The van der Waals surface area contributed by atoms with Crippen LogP contribution in [-0.4, -0.2) is 37.8 Å². The standard InChI is InChI=1S/C17H19ClN6O3/c1-9(2)14(17-22-16(24-27-17)15-19-8-20-23-15)21-13(25)7-26-11-4-5-12(18)10(3)6-11/h4-6,8-9,14H,7H2,1-3H3,(H,21,25)(H,19,20,23)/t14-/m1/s1. The number of H-pyrrole nitrogens is 1. The van der Waals surface area contributed by atoms with Crippen molar-refractivity contribution in [3.63, 3.8) is 0 Å². The van der Waals surface area contributed by atoms with Crippen molar-refractivity contribution in [2.24, 2.45) is 5.92 Å². The molecule has 0 bridgehead atoms. The number of benzene rings is 1. The molecular weight excluding hydrogens is 372 g/mol. The van der Waals surface area contributed by atoms with E-state index >= 15 is 0 Å². The Labute approximate surface area is 160 Å². The summed E-state index contributed by atoms with van der Waals surface area (Å²) in [5.74, 6) is 1.23. The predicted octanol–water partition coefficient (Wildman–Crippen LogP) is 2.71. The van der Waals surface area contributed by atoms with Gasteiger partial charge in [-0.2, -0.15) is 10.1 Å². The van der Waals surface area contributed by atoms with Gasteiger partial charge in [0.15, 0.2) is 12.4 Å². The molecule has 0 spiro atoms. The second-order valence-electron chi connectivity index (χ2n) is 6.28. The number of ether oxygens (including phenoxy) is 1. The Bertz CT molecular complexity index is 909. The Hall–Kier alpha value is -2.94. The van der Waals surface area contributed by atoms with Crippen LogP contribution in [0.25, 0.3) is 11.6 Å². The molecule has 9 nitrogen and oxygen atoms in total. The second kappa shape index (κ2) is 8.17. The van der Waals surface area contributed by atoms with E-state index in [0.29, 0.717) is 16.6 Å². The largest absolute Gasteiger partial charge is 0.484 e. The van der Waals surface area contributed by atoms with Crippen molar-refractivity contribution in [1.82, 2.24) is 30.6 Å². The Morgan fingerprint density at radius 1 is 1.41 bits per heavy atom. The van der Waals surface area contributed by atoms with Crippen molar-refractivity contribution in [2.45, 2.75) is 26.8 Å². The normalized spacial score (nSPS) is 12.2. The molecule has 3 aromatic rings. The lowest BCUT2D eigenvalue weighted by Gasteiger charge is -2.18. The molecule has 0 unspecified atom stereocenters. The van der Waals surface area contributed by atoms with Crippen LogP contribution in [0.4, 0.5) is 0 Å². The van der Waals surface area contributed by atoms with Crippen LogP contribution < -0.4 is 10.1 Å². The molecule has 2 N–H and O–H groups in total. The number of rotatable bonds is 7. The van der Waals surface area contributed by atoms with Gasteiger partial charge < -0.3 is 14.6 Å². The summed E-state index contributed by atoms with van der Waals surface area (Å²) in [7, 11) is 0. The van der Waals surface area contributed by atoms with Gasteiger partial charge in [-0.1, -0.05) is 30.6 Å². The van der Waals surface area contributed by atoms with Gasteiger partial charge in [0.05, 0.1) is 0 Å². The number of nitrogens with one attached hydrogen (secondary N) is 2. The summed E-state index contributed by atoms with van der Waals surface area (Å²) in [4.78, 5) is 20.6. The molecule has 1 amide bonds. The lowest BCUT2D eigenvalue weighted by molar-refractivity contribution is -0.124. The van der Waals surface area contributed by atoms with Crippen LogP contribution in [0.1, 0.15) is 31.3 Å². The van der Waals surface area contributed by atoms with E-state index in [9.17, 15) is 4.79 Å². The van der Waals surface area contributed by atoms with E-state index in [-0.39, 0.29) is 30.1 Å². The summed E-state index contributed by atoms with van der Waals surface area (Å²) in [6.45, 7) is 5.60. The van der Waals surface area contributed by atoms with Crippen LogP contribution in [0.3, 0.4) is 0 Å². The van der Waals surface area contributed by atoms with E-state index in [1.165, 1.54) is 6.33 Å².